The van der Waals surface area contributed by atoms with Crippen LogP contribution in [-0.4, -0.2) is 29.1 Å². The Morgan fingerprint density at radius 3 is 2.78 bits per heavy atom. The van der Waals surface area contributed by atoms with Crippen LogP contribution >= 0.6 is 11.3 Å². The maximum atomic E-state index is 12.6. The molecule has 2 heterocycles. The van der Waals surface area contributed by atoms with Crippen LogP contribution in [0.2, 0.25) is 0 Å². The van der Waals surface area contributed by atoms with E-state index in [1.807, 2.05) is 41.8 Å². The summed E-state index contributed by atoms with van der Waals surface area (Å²) in [7, 11) is 1.59. The number of methoxy groups -OCH3 is 1. The lowest BCUT2D eigenvalue weighted by atomic mass is 10.1. The highest BCUT2D eigenvalue weighted by Gasteiger charge is 2.15. The number of nitrogens with zero attached hydrogens (tertiary/aromatic N) is 1. The van der Waals surface area contributed by atoms with Crippen LogP contribution in [0.15, 0.2) is 57.6 Å². The molecule has 27 heavy (non-hydrogen) atoms. The second-order valence-corrected chi connectivity index (χ2v) is 6.83. The van der Waals surface area contributed by atoms with E-state index in [0.717, 1.165) is 27.0 Å². The first-order chi connectivity index (χ1) is 13.1. The Hall–Kier alpha value is -3.13. The average Bonchev–Trinajstić information content (AvgIpc) is 3.18. The summed E-state index contributed by atoms with van der Waals surface area (Å²) in [4.78, 5) is 40.3. The molecule has 0 atom stereocenters. The zero-order chi connectivity index (χ0) is 19.2. The summed E-state index contributed by atoms with van der Waals surface area (Å²) in [5, 5.41) is 4.58. The maximum absolute atomic E-state index is 12.6. The molecule has 140 valence electrons. The van der Waals surface area contributed by atoms with E-state index in [9.17, 15) is 14.4 Å². The van der Waals surface area contributed by atoms with Crippen LogP contribution in [-0.2, 0) is 13.0 Å². The van der Waals surface area contributed by atoms with Crippen LogP contribution < -0.4 is 21.3 Å². The van der Waals surface area contributed by atoms with Gasteiger partial charge in [-0.1, -0.05) is 24.3 Å². The molecule has 0 aliphatic carbocycles. The van der Waals surface area contributed by atoms with E-state index in [4.69, 9.17) is 4.74 Å². The van der Waals surface area contributed by atoms with E-state index in [1.165, 1.54) is 11.3 Å². The van der Waals surface area contributed by atoms with E-state index < -0.39 is 17.2 Å². The topological polar surface area (TPSA) is 93.2 Å². The Morgan fingerprint density at radius 2 is 2.04 bits per heavy atom. The fourth-order valence-corrected chi connectivity index (χ4v) is 3.38. The summed E-state index contributed by atoms with van der Waals surface area (Å²) < 4.78 is 6.31. The number of nitrogens with one attached hydrogen (secondary N) is 2. The van der Waals surface area contributed by atoms with Crippen molar-refractivity contribution in [2.75, 3.05) is 13.7 Å². The van der Waals surface area contributed by atoms with Gasteiger partial charge in [0.25, 0.3) is 11.5 Å². The molecule has 0 aliphatic heterocycles. The minimum atomic E-state index is -0.609. The smallest absolute Gasteiger partial charge is 0.328 e. The number of amides is 1. The fraction of sp³-hybridized carbons (Fsp3) is 0.211. The highest BCUT2D eigenvalue weighted by molar-refractivity contribution is 7.09. The molecular weight excluding hydrogens is 366 g/mol. The number of hydrogen-bond acceptors (Lipinski definition) is 5. The Labute approximate surface area is 159 Å². The molecule has 0 saturated carbocycles. The standard InChI is InChI=1S/C19H19N3O4S/c1-26-16-7-3-2-5-13(16)8-9-20-17(23)15-11-21-19(25)22(18(15)24)12-14-6-4-10-27-14/h2-7,10-11H,8-9,12H2,1H3,(H,20,23)(H,21,25). The molecule has 2 N–H and O–H groups in total. The van der Waals surface area contributed by atoms with Crippen LogP contribution in [0.3, 0.4) is 0 Å². The van der Waals surface area contributed by atoms with Gasteiger partial charge in [0.15, 0.2) is 0 Å². The number of aromatic nitrogens is 2. The molecule has 1 amide bonds. The van der Waals surface area contributed by atoms with E-state index in [-0.39, 0.29) is 12.1 Å². The first kappa shape index (κ1) is 18.7. The number of ether oxygens (including phenoxy) is 1. The highest BCUT2D eigenvalue weighted by Crippen LogP contribution is 2.17. The van der Waals surface area contributed by atoms with Crippen LogP contribution in [0, 0.1) is 0 Å². The van der Waals surface area contributed by atoms with Crippen molar-refractivity contribution >= 4 is 17.2 Å². The van der Waals surface area contributed by atoms with Crippen molar-refractivity contribution in [3.05, 3.63) is 84.8 Å². The first-order valence-corrected chi connectivity index (χ1v) is 9.23. The number of carbonyl (C=O) groups excluding carboxylic acids is 1. The minimum Gasteiger partial charge on any atom is -0.496 e. The minimum absolute atomic E-state index is 0.0915. The maximum Gasteiger partial charge on any atom is 0.328 e. The number of carbonyl (C=O) groups is 1. The van der Waals surface area contributed by atoms with Gasteiger partial charge >= 0.3 is 5.69 Å². The van der Waals surface area contributed by atoms with Crippen molar-refractivity contribution in [1.82, 2.24) is 14.9 Å². The van der Waals surface area contributed by atoms with Gasteiger partial charge in [0.05, 0.1) is 13.7 Å². The quantitative estimate of drug-likeness (QED) is 0.646. The predicted octanol–water partition coefficient (Wildman–Crippen LogP) is 1.63. The predicted molar refractivity (Wildman–Crippen MR) is 104 cm³/mol. The zero-order valence-electron chi connectivity index (χ0n) is 14.7. The Morgan fingerprint density at radius 1 is 1.22 bits per heavy atom. The van der Waals surface area contributed by atoms with Crippen molar-refractivity contribution < 1.29 is 9.53 Å². The number of thiophene rings is 1. The highest BCUT2D eigenvalue weighted by atomic mass is 32.1. The molecule has 8 heteroatoms. The van der Waals surface area contributed by atoms with Gasteiger partial charge in [-0.2, -0.15) is 0 Å². The van der Waals surface area contributed by atoms with Gasteiger partial charge in [0.2, 0.25) is 0 Å². The summed E-state index contributed by atoms with van der Waals surface area (Å²) in [6.07, 6.45) is 1.72. The van der Waals surface area contributed by atoms with Gasteiger partial charge in [0, 0.05) is 17.6 Å². The molecule has 0 saturated heterocycles. The number of benzene rings is 1. The van der Waals surface area contributed by atoms with Crippen molar-refractivity contribution in [1.29, 1.82) is 0 Å². The number of aromatic amines is 1. The molecule has 2 aromatic heterocycles. The monoisotopic (exact) mass is 385 g/mol. The second kappa shape index (κ2) is 8.50. The van der Waals surface area contributed by atoms with Crippen LogP contribution in [0.5, 0.6) is 5.75 Å². The molecule has 7 nitrogen and oxygen atoms in total. The third-order valence-electron chi connectivity index (χ3n) is 4.07. The molecule has 0 spiro atoms. The summed E-state index contributed by atoms with van der Waals surface area (Å²) in [6.45, 7) is 0.469. The van der Waals surface area contributed by atoms with Crippen LogP contribution in [0.4, 0.5) is 0 Å². The van der Waals surface area contributed by atoms with Crippen molar-refractivity contribution in [2.45, 2.75) is 13.0 Å². The van der Waals surface area contributed by atoms with Crippen LogP contribution in [0.25, 0.3) is 0 Å². The lowest BCUT2D eigenvalue weighted by Crippen LogP contribution is -2.41. The summed E-state index contributed by atoms with van der Waals surface area (Å²) >= 11 is 1.44. The lowest BCUT2D eigenvalue weighted by Gasteiger charge is -2.09. The zero-order valence-corrected chi connectivity index (χ0v) is 15.5. The molecule has 0 aliphatic rings. The number of hydrogen-bond donors (Lipinski definition) is 2. The Kier molecular flexibility index (Phi) is 5.87. The average molecular weight is 385 g/mol. The second-order valence-electron chi connectivity index (χ2n) is 5.80. The third-order valence-corrected chi connectivity index (χ3v) is 4.93. The molecule has 0 unspecified atom stereocenters. The van der Waals surface area contributed by atoms with Gasteiger partial charge in [-0.25, -0.2) is 4.79 Å². The van der Waals surface area contributed by atoms with E-state index in [2.05, 4.69) is 10.3 Å². The summed E-state index contributed by atoms with van der Waals surface area (Å²) in [6, 6.07) is 11.2. The van der Waals surface area contributed by atoms with Gasteiger partial charge in [-0.05, 0) is 29.5 Å². The van der Waals surface area contributed by atoms with Gasteiger partial charge < -0.3 is 15.0 Å². The molecule has 0 radical (unpaired) electrons. The molecule has 0 fully saturated rings. The fourth-order valence-electron chi connectivity index (χ4n) is 2.69. The SMILES string of the molecule is COc1ccccc1CCNC(=O)c1c[nH]c(=O)n(Cc2cccs2)c1=O. The van der Waals surface area contributed by atoms with Crippen molar-refractivity contribution in [3.8, 4) is 5.75 Å². The molecule has 3 rings (SSSR count). The number of para-hydroxylation sites is 1. The van der Waals surface area contributed by atoms with Crippen molar-refractivity contribution in [2.24, 2.45) is 0 Å². The molecular formula is C19H19N3O4S. The largest absolute Gasteiger partial charge is 0.496 e. The molecule has 1 aromatic carbocycles. The van der Waals surface area contributed by atoms with Crippen LogP contribution in [0.1, 0.15) is 20.8 Å². The number of H-pyrrole nitrogens is 1. The van der Waals surface area contributed by atoms with Crippen molar-refractivity contribution in [3.63, 3.8) is 0 Å². The van der Waals surface area contributed by atoms with E-state index in [1.54, 1.807) is 7.11 Å². The van der Waals surface area contributed by atoms with Gasteiger partial charge in [0.1, 0.15) is 11.3 Å². The number of rotatable bonds is 7. The molecule has 3 aromatic rings. The lowest BCUT2D eigenvalue weighted by molar-refractivity contribution is 0.0951. The van der Waals surface area contributed by atoms with Gasteiger partial charge in [-0.3, -0.25) is 14.2 Å². The van der Waals surface area contributed by atoms with Gasteiger partial charge in [-0.15, -0.1) is 11.3 Å². The molecule has 0 bridgehead atoms. The Balaban J connectivity index is 1.71. The summed E-state index contributed by atoms with van der Waals surface area (Å²) in [5.74, 6) is 0.222. The van der Waals surface area contributed by atoms with E-state index in [0.29, 0.717) is 13.0 Å². The summed E-state index contributed by atoms with van der Waals surface area (Å²) in [5.41, 5.74) is -0.288. The first-order valence-electron chi connectivity index (χ1n) is 8.35. The normalized spacial score (nSPS) is 10.6. The van der Waals surface area contributed by atoms with E-state index >= 15 is 0 Å². The Bertz CT molecular complexity index is 1040. The third kappa shape index (κ3) is 4.35.